The second-order valence-electron chi connectivity index (χ2n) is 5.30. The van der Waals surface area contributed by atoms with E-state index in [1.807, 2.05) is 6.92 Å². The number of carbonyl (C=O) groups excluding carboxylic acids is 1. The van der Waals surface area contributed by atoms with Crippen molar-refractivity contribution in [3.63, 3.8) is 0 Å². The second kappa shape index (κ2) is 7.40. The molecule has 1 aromatic heterocycles. The first kappa shape index (κ1) is 16.4. The highest BCUT2D eigenvalue weighted by Gasteiger charge is 2.12. The molecule has 0 fully saturated rings. The van der Waals surface area contributed by atoms with E-state index in [1.165, 1.54) is 11.3 Å². The van der Waals surface area contributed by atoms with Crippen LogP contribution in [0, 0.1) is 5.82 Å². The van der Waals surface area contributed by atoms with Gasteiger partial charge in [-0.1, -0.05) is 19.1 Å². The van der Waals surface area contributed by atoms with Crippen molar-refractivity contribution in [1.29, 1.82) is 0 Å². The summed E-state index contributed by atoms with van der Waals surface area (Å²) in [6.07, 6.45) is 0.806. The monoisotopic (exact) mass is 344 g/mol. The van der Waals surface area contributed by atoms with E-state index in [0.717, 1.165) is 16.6 Å². The lowest BCUT2D eigenvalue weighted by Crippen LogP contribution is -2.23. The van der Waals surface area contributed by atoms with Crippen LogP contribution >= 0.6 is 11.3 Å². The Balaban J connectivity index is 1.69. The van der Waals surface area contributed by atoms with Gasteiger partial charge in [-0.2, -0.15) is 0 Å². The van der Waals surface area contributed by atoms with E-state index >= 15 is 0 Å². The van der Waals surface area contributed by atoms with Crippen LogP contribution in [0.15, 0.2) is 41.9 Å². The molecule has 1 amide bonds. The zero-order valence-corrected chi connectivity index (χ0v) is 14.0. The first-order valence-corrected chi connectivity index (χ1v) is 8.58. The maximum absolute atomic E-state index is 14.3. The molecule has 0 atom stereocenters. The summed E-state index contributed by atoms with van der Waals surface area (Å²) in [7, 11) is 0. The van der Waals surface area contributed by atoms with E-state index in [4.69, 9.17) is 4.74 Å². The summed E-state index contributed by atoms with van der Waals surface area (Å²) in [5, 5.41) is 2.75. The SMILES string of the molecule is CCCOc1cccc(CNC(=O)c2ccc3ncsc3c2)c1F. The number of rotatable bonds is 6. The summed E-state index contributed by atoms with van der Waals surface area (Å²) < 4.78 is 20.6. The predicted octanol–water partition coefficient (Wildman–Crippen LogP) is 4.15. The molecule has 0 aliphatic rings. The fraction of sp³-hybridized carbons (Fsp3) is 0.222. The Morgan fingerprint density at radius 2 is 2.21 bits per heavy atom. The molecule has 3 aromatic rings. The van der Waals surface area contributed by atoms with Gasteiger partial charge in [-0.3, -0.25) is 4.79 Å². The third kappa shape index (κ3) is 3.54. The molecule has 0 saturated carbocycles. The molecule has 0 aliphatic heterocycles. The molecule has 3 rings (SSSR count). The Hall–Kier alpha value is -2.47. The molecule has 1 N–H and O–H groups in total. The zero-order valence-electron chi connectivity index (χ0n) is 13.2. The normalized spacial score (nSPS) is 10.8. The molecule has 0 bridgehead atoms. The van der Waals surface area contributed by atoms with E-state index in [1.54, 1.807) is 41.9 Å². The Morgan fingerprint density at radius 3 is 3.04 bits per heavy atom. The van der Waals surface area contributed by atoms with Crippen LogP contribution in [-0.2, 0) is 6.54 Å². The number of thiazole rings is 1. The lowest BCUT2D eigenvalue weighted by atomic mass is 10.1. The van der Waals surface area contributed by atoms with Crippen molar-refractivity contribution in [2.45, 2.75) is 19.9 Å². The molecule has 0 spiro atoms. The average Bonchev–Trinajstić information content (AvgIpc) is 3.07. The van der Waals surface area contributed by atoms with E-state index in [-0.39, 0.29) is 18.2 Å². The van der Waals surface area contributed by atoms with E-state index < -0.39 is 5.82 Å². The number of hydrogen-bond acceptors (Lipinski definition) is 4. The number of nitrogens with one attached hydrogen (secondary N) is 1. The Kier molecular flexibility index (Phi) is 5.05. The van der Waals surface area contributed by atoms with Gasteiger partial charge in [0.15, 0.2) is 11.6 Å². The number of amides is 1. The van der Waals surface area contributed by atoms with Crippen molar-refractivity contribution < 1.29 is 13.9 Å². The van der Waals surface area contributed by atoms with Crippen LogP contribution in [0.3, 0.4) is 0 Å². The highest BCUT2D eigenvalue weighted by molar-refractivity contribution is 7.16. The van der Waals surface area contributed by atoms with Gasteiger partial charge in [-0.25, -0.2) is 9.37 Å². The lowest BCUT2D eigenvalue weighted by molar-refractivity contribution is 0.0950. The van der Waals surface area contributed by atoms with Crippen LogP contribution in [0.25, 0.3) is 10.2 Å². The number of benzene rings is 2. The number of fused-ring (bicyclic) bond motifs is 1. The minimum atomic E-state index is -0.427. The van der Waals surface area contributed by atoms with Gasteiger partial charge >= 0.3 is 0 Å². The molecule has 0 unspecified atom stereocenters. The first-order valence-electron chi connectivity index (χ1n) is 7.70. The molecule has 0 saturated heterocycles. The lowest BCUT2D eigenvalue weighted by Gasteiger charge is -2.10. The van der Waals surface area contributed by atoms with E-state index in [2.05, 4.69) is 10.3 Å². The van der Waals surface area contributed by atoms with Crippen molar-refractivity contribution in [1.82, 2.24) is 10.3 Å². The Labute approximate surface area is 143 Å². The van der Waals surface area contributed by atoms with Crippen LogP contribution in [0.2, 0.25) is 0 Å². The van der Waals surface area contributed by atoms with Crippen molar-refractivity contribution in [2.75, 3.05) is 6.61 Å². The van der Waals surface area contributed by atoms with Crippen LogP contribution in [0.5, 0.6) is 5.75 Å². The number of nitrogens with zero attached hydrogens (tertiary/aromatic N) is 1. The third-order valence-electron chi connectivity index (χ3n) is 3.54. The molecule has 0 aliphatic carbocycles. The highest BCUT2D eigenvalue weighted by Crippen LogP contribution is 2.21. The molecule has 1 heterocycles. The molecular formula is C18H17FN2O2S. The molecule has 0 radical (unpaired) electrons. The van der Waals surface area contributed by atoms with Crippen LogP contribution < -0.4 is 10.1 Å². The quantitative estimate of drug-likeness (QED) is 0.731. The van der Waals surface area contributed by atoms with E-state index in [9.17, 15) is 9.18 Å². The maximum atomic E-state index is 14.3. The predicted molar refractivity (Wildman–Crippen MR) is 93.0 cm³/mol. The highest BCUT2D eigenvalue weighted by atomic mass is 32.1. The molecule has 2 aromatic carbocycles. The van der Waals surface area contributed by atoms with Crippen molar-refractivity contribution in [2.24, 2.45) is 0 Å². The molecular weight excluding hydrogens is 327 g/mol. The number of carbonyl (C=O) groups is 1. The van der Waals surface area contributed by atoms with Gasteiger partial charge in [0.25, 0.3) is 5.91 Å². The van der Waals surface area contributed by atoms with Gasteiger partial charge in [0, 0.05) is 17.7 Å². The minimum Gasteiger partial charge on any atom is -0.491 e. The molecule has 124 valence electrons. The van der Waals surface area contributed by atoms with Crippen LogP contribution in [-0.4, -0.2) is 17.5 Å². The van der Waals surface area contributed by atoms with Gasteiger partial charge in [-0.05, 0) is 30.7 Å². The van der Waals surface area contributed by atoms with Gasteiger partial charge in [-0.15, -0.1) is 11.3 Å². The Morgan fingerprint density at radius 1 is 1.33 bits per heavy atom. The van der Waals surface area contributed by atoms with Crippen molar-refractivity contribution in [3.05, 3.63) is 58.9 Å². The van der Waals surface area contributed by atoms with Crippen LogP contribution in [0.4, 0.5) is 4.39 Å². The van der Waals surface area contributed by atoms with Gasteiger partial charge in [0.05, 0.1) is 22.3 Å². The van der Waals surface area contributed by atoms with Gasteiger partial charge in [0.1, 0.15) is 0 Å². The summed E-state index contributed by atoms with van der Waals surface area (Å²) in [6, 6.07) is 10.3. The summed E-state index contributed by atoms with van der Waals surface area (Å²) in [5.74, 6) is -0.455. The fourth-order valence-corrected chi connectivity index (χ4v) is 3.01. The number of ether oxygens (including phenoxy) is 1. The maximum Gasteiger partial charge on any atom is 0.251 e. The van der Waals surface area contributed by atoms with Gasteiger partial charge < -0.3 is 10.1 Å². The standard InChI is InChI=1S/C18H17FN2O2S/c1-2-8-23-15-5-3-4-13(17(15)19)10-20-18(22)12-6-7-14-16(9-12)24-11-21-14/h3-7,9,11H,2,8,10H2,1H3,(H,20,22). The largest absolute Gasteiger partial charge is 0.491 e. The first-order chi connectivity index (χ1) is 11.7. The summed E-state index contributed by atoms with van der Waals surface area (Å²) in [5.41, 5.74) is 3.54. The second-order valence-corrected chi connectivity index (χ2v) is 6.18. The molecule has 24 heavy (non-hydrogen) atoms. The molecule has 4 nitrogen and oxygen atoms in total. The number of halogens is 1. The fourth-order valence-electron chi connectivity index (χ4n) is 2.29. The summed E-state index contributed by atoms with van der Waals surface area (Å²) >= 11 is 1.48. The Bertz CT molecular complexity index is 863. The average molecular weight is 344 g/mol. The zero-order chi connectivity index (χ0) is 16.9. The van der Waals surface area contributed by atoms with E-state index in [0.29, 0.717) is 17.7 Å². The topological polar surface area (TPSA) is 51.2 Å². The van der Waals surface area contributed by atoms with Crippen LogP contribution in [0.1, 0.15) is 29.3 Å². The van der Waals surface area contributed by atoms with Gasteiger partial charge in [0.2, 0.25) is 0 Å². The van der Waals surface area contributed by atoms with Crippen molar-refractivity contribution >= 4 is 27.5 Å². The van der Waals surface area contributed by atoms with Crippen molar-refractivity contribution in [3.8, 4) is 5.75 Å². The summed E-state index contributed by atoms with van der Waals surface area (Å²) in [4.78, 5) is 16.5. The summed E-state index contributed by atoms with van der Waals surface area (Å²) in [6.45, 7) is 2.53. The third-order valence-corrected chi connectivity index (χ3v) is 4.33. The smallest absolute Gasteiger partial charge is 0.251 e. The number of aromatic nitrogens is 1. The number of hydrogen-bond donors (Lipinski definition) is 1. The minimum absolute atomic E-state index is 0.106. The molecule has 6 heteroatoms.